The average Bonchev–Trinajstić information content (AvgIpc) is 2.96. The zero-order valence-electron chi connectivity index (χ0n) is 13.1. The highest BCUT2D eigenvalue weighted by Gasteiger charge is 2.12. The lowest BCUT2D eigenvalue weighted by molar-refractivity contribution is 0.232. The fourth-order valence-electron chi connectivity index (χ4n) is 2.38. The van der Waals surface area contributed by atoms with Gasteiger partial charge in [0, 0.05) is 30.8 Å². The summed E-state index contributed by atoms with van der Waals surface area (Å²) < 4.78 is 14.2. The second-order valence-electron chi connectivity index (χ2n) is 5.60. The van der Waals surface area contributed by atoms with Crippen LogP contribution in [-0.4, -0.2) is 32.9 Å². The van der Waals surface area contributed by atoms with Gasteiger partial charge in [0.1, 0.15) is 5.82 Å². The molecule has 8 heteroatoms. The average molecular weight is 348 g/mol. The lowest BCUT2D eigenvalue weighted by Gasteiger charge is -2.14. The van der Waals surface area contributed by atoms with E-state index in [2.05, 4.69) is 15.4 Å². The number of fused-ring (bicyclic) bond motifs is 1. The molecular formula is C16H17FN4O2S. The van der Waals surface area contributed by atoms with Crippen LogP contribution < -0.4 is 10.9 Å². The maximum Gasteiger partial charge on any atom is 0.275 e. The van der Waals surface area contributed by atoms with Crippen molar-refractivity contribution >= 4 is 21.4 Å². The molecule has 3 aromatic rings. The van der Waals surface area contributed by atoms with Gasteiger partial charge in [-0.15, -0.1) is 5.10 Å². The Kier molecular flexibility index (Phi) is 4.86. The van der Waals surface area contributed by atoms with Crippen LogP contribution in [0.25, 0.3) is 4.96 Å². The molecule has 2 aromatic heterocycles. The van der Waals surface area contributed by atoms with Crippen LogP contribution in [0.2, 0.25) is 0 Å². The molecule has 0 spiro atoms. The van der Waals surface area contributed by atoms with Crippen molar-refractivity contribution in [1.29, 1.82) is 0 Å². The fraction of sp³-hybridized carbons (Fsp3) is 0.312. The molecule has 24 heavy (non-hydrogen) atoms. The van der Waals surface area contributed by atoms with Gasteiger partial charge in [-0.25, -0.2) is 9.37 Å². The molecule has 0 unspecified atom stereocenters. The van der Waals surface area contributed by atoms with Crippen LogP contribution >= 0.6 is 11.3 Å². The summed E-state index contributed by atoms with van der Waals surface area (Å²) in [5.74, 6) is -0.325. The van der Waals surface area contributed by atoms with Crippen LogP contribution in [0, 0.1) is 18.7 Å². The Hall–Kier alpha value is -2.32. The number of aryl methyl sites for hydroxylation is 1. The van der Waals surface area contributed by atoms with E-state index in [0.717, 1.165) is 5.56 Å². The molecule has 0 fully saturated rings. The van der Waals surface area contributed by atoms with Gasteiger partial charge in [0.2, 0.25) is 10.1 Å². The normalized spacial score (nSPS) is 12.5. The molecule has 126 valence electrons. The van der Waals surface area contributed by atoms with E-state index in [9.17, 15) is 14.3 Å². The number of hydrogen-bond acceptors (Lipinski definition) is 6. The van der Waals surface area contributed by atoms with Crippen molar-refractivity contribution in [3.05, 3.63) is 57.8 Å². The number of nitrogens with zero attached hydrogens (tertiary/aromatic N) is 3. The number of anilines is 1. The van der Waals surface area contributed by atoms with Crippen molar-refractivity contribution in [3.8, 4) is 0 Å². The molecule has 2 heterocycles. The Morgan fingerprint density at radius 3 is 2.83 bits per heavy atom. The summed E-state index contributed by atoms with van der Waals surface area (Å²) in [5.41, 5.74) is 1.39. The molecule has 0 amide bonds. The number of rotatable bonds is 6. The van der Waals surface area contributed by atoms with Crippen molar-refractivity contribution in [2.75, 3.05) is 18.5 Å². The summed E-state index contributed by atoms with van der Waals surface area (Å²) in [4.78, 5) is 16.6. The Bertz CT molecular complexity index is 891. The Morgan fingerprint density at radius 2 is 2.12 bits per heavy atom. The van der Waals surface area contributed by atoms with Gasteiger partial charge in [0.25, 0.3) is 5.56 Å². The van der Waals surface area contributed by atoms with Gasteiger partial charge in [-0.05, 0) is 31.0 Å². The first kappa shape index (κ1) is 16.5. The maximum atomic E-state index is 12.9. The Morgan fingerprint density at radius 1 is 1.38 bits per heavy atom. The number of benzene rings is 1. The SMILES string of the molecule is Cc1cc(=O)n2nc(NC[C@@H](CO)Cc3ccc(F)cc3)sc2n1. The van der Waals surface area contributed by atoms with Gasteiger partial charge < -0.3 is 10.4 Å². The van der Waals surface area contributed by atoms with Crippen molar-refractivity contribution < 1.29 is 9.50 Å². The molecular weight excluding hydrogens is 331 g/mol. The third-order valence-electron chi connectivity index (χ3n) is 3.61. The van der Waals surface area contributed by atoms with Crippen molar-refractivity contribution in [3.63, 3.8) is 0 Å². The molecule has 0 aliphatic heterocycles. The smallest absolute Gasteiger partial charge is 0.275 e. The van der Waals surface area contributed by atoms with E-state index in [1.54, 1.807) is 19.1 Å². The second kappa shape index (κ2) is 7.06. The first-order valence-corrected chi connectivity index (χ1v) is 8.33. The molecule has 0 radical (unpaired) electrons. The Labute approximate surface area is 141 Å². The van der Waals surface area contributed by atoms with E-state index in [0.29, 0.717) is 28.8 Å². The second-order valence-corrected chi connectivity index (χ2v) is 6.55. The summed E-state index contributed by atoms with van der Waals surface area (Å²) in [6.45, 7) is 2.24. The summed E-state index contributed by atoms with van der Waals surface area (Å²) in [5, 5.41) is 17.4. The first-order chi connectivity index (χ1) is 11.5. The number of aromatic nitrogens is 3. The number of nitrogens with one attached hydrogen (secondary N) is 1. The van der Waals surface area contributed by atoms with Gasteiger partial charge in [-0.3, -0.25) is 4.79 Å². The van der Waals surface area contributed by atoms with Gasteiger partial charge in [-0.2, -0.15) is 4.52 Å². The van der Waals surface area contributed by atoms with Gasteiger partial charge in [0.05, 0.1) is 0 Å². The fourth-order valence-corrected chi connectivity index (χ4v) is 3.24. The van der Waals surface area contributed by atoms with Gasteiger partial charge in [0.15, 0.2) is 0 Å². The number of aliphatic hydroxyl groups excluding tert-OH is 1. The van der Waals surface area contributed by atoms with Gasteiger partial charge in [-0.1, -0.05) is 23.5 Å². The van der Waals surface area contributed by atoms with Crippen molar-refractivity contribution in [2.45, 2.75) is 13.3 Å². The minimum absolute atomic E-state index is 0.00736. The molecule has 6 nitrogen and oxygen atoms in total. The Balaban J connectivity index is 1.68. The highest BCUT2D eigenvalue weighted by molar-refractivity contribution is 7.20. The largest absolute Gasteiger partial charge is 0.396 e. The predicted octanol–water partition coefficient (Wildman–Crippen LogP) is 1.86. The monoisotopic (exact) mass is 348 g/mol. The lowest BCUT2D eigenvalue weighted by atomic mass is 10.0. The van der Waals surface area contributed by atoms with E-state index in [1.807, 2.05) is 0 Å². The summed E-state index contributed by atoms with van der Waals surface area (Å²) in [6, 6.07) is 7.67. The third kappa shape index (κ3) is 3.77. The highest BCUT2D eigenvalue weighted by atomic mass is 32.1. The van der Waals surface area contributed by atoms with Crippen LogP contribution in [0.1, 0.15) is 11.3 Å². The zero-order chi connectivity index (χ0) is 17.1. The van der Waals surface area contributed by atoms with Crippen LogP contribution in [0.5, 0.6) is 0 Å². The predicted molar refractivity (Wildman–Crippen MR) is 91.0 cm³/mol. The maximum absolute atomic E-state index is 12.9. The van der Waals surface area contributed by atoms with E-state index in [4.69, 9.17) is 0 Å². The summed E-state index contributed by atoms with van der Waals surface area (Å²) >= 11 is 1.28. The van der Waals surface area contributed by atoms with Crippen molar-refractivity contribution in [2.24, 2.45) is 5.92 Å². The molecule has 0 bridgehead atoms. The van der Waals surface area contributed by atoms with E-state index in [-0.39, 0.29) is 23.9 Å². The summed E-state index contributed by atoms with van der Waals surface area (Å²) in [6.07, 6.45) is 0.617. The molecule has 0 saturated heterocycles. The van der Waals surface area contributed by atoms with Gasteiger partial charge >= 0.3 is 0 Å². The third-order valence-corrected chi connectivity index (χ3v) is 4.48. The molecule has 1 atom stereocenters. The number of aliphatic hydroxyl groups is 1. The minimum atomic E-state index is -0.278. The summed E-state index contributed by atoms with van der Waals surface area (Å²) in [7, 11) is 0. The van der Waals surface area contributed by atoms with Crippen LogP contribution in [0.15, 0.2) is 35.1 Å². The van der Waals surface area contributed by atoms with Crippen LogP contribution in [0.4, 0.5) is 9.52 Å². The standard InChI is InChI=1S/C16H17FN4O2S/c1-10-6-14(23)21-16(19-10)24-15(20-21)18-8-12(9-22)7-11-2-4-13(17)5-3-11/h2-6,12,22H,7-9H2,1H3,(H,18,20)/t12-/m0/s1. The first-order valence-electron chi connectivity index (χ1n) is 7.52. The molecule has 0 aliphatic carbocycles. The zero-order valence-corrected chi connectivity index (χ0v) is 13.9. The topological polar surface area (TPSA) is 79.5 Å². The minimum Gasteiger partial charge on any atom is -0.396 e. The lowest BCUT2D eigenvalue weighted by Crippen LogP contribution is -2.20. The quantitative estimate of drug-likeness (QED) is 0.711. The number of halogens is 1. The molecule has 1 aromatic carbocycles. The molecule has 0 aliphatic rings. The number of hydrogen-bond donors (Lipinski definition) is 2. The van der Waals surface area contributed by atoms with Crippen LogP contribution in [-0.2, 0) is 6.42 Å². The van der Waals surface area contributed by atoms with Crippen LogP contribution in [0.3, 0.4) is 0 Å². The van der Waals surface area contributed by atoms with E-state index < -0.39 is 0 Å². The van der Waals surface area contributed by atoms with E-state index in [1.165, 1.54) is 34.1 Å². The van der Waals surface area contributed by atoms with Crippen molar-refractivity contribution in [1.82, 2.24) is 14.6 Å². The highest BCUT2D eigenvalue weighted by Crippen LogP contribution is 2.18. The molecule has 3 rings (SSSR count). The van der Waals surface area contributed by atoms with E-state index >= 15 is 0 Å². The molecule has 2 N–H and O–H groups in total. The molecule has 0 saturated carbocycles.